The lowest BCUT2D eigenvalue weighted by Crippen LogP contribution is -1.98. The van der Waals surface area contributed by atoms with Crippen LogP contribution in [0.2, 0.25) is 0 Å². The molecule has 0 radical (unpaired) electrons. The van der Waals surface area contributed by atoms with Gasteiger partial charge >= 0.3 is 5.97 Å². The second-order valence-corrected chi connectivity index (χ2v) is 4.99. The van der Waals surface area contributed by atoms with Gasteiger partial charge in [-0.25, -0.2) is 9.37 Å². The van der Waals surface area contributed by atoms with Crippen molar-refractivity contribution in [2.45, 2.75) is 11.6 Å². The number of nitrogens with one attached hydrogen (secondary N) is 1. The highest BCUT2D eigenvalue weighted by molar-refractivity contribution is 7.99. The van der Waals surface area contributed by atoms with E-state index in [-0.39, 0.29) is 11.6 Å². The largest absolute Gasteiger partial charge is 0.481 e. The second-order valence-electron chi connectivity index (χ2n) is 4.03. The lowest BCUT2D eigenvalue weighted by atomic mass is 10.1. The molecule has 1 aliphatic carbocycles. The van der Waals surface area contributed by atoms with Crippen LogP contribution in [0.4, 0.5) is 4.39 Å². The van der Waals surface area contributed by atoms with Gasteiger partial charge in [0.05, 0.1) is 11.4 Å². The number of H-pyrrole nitrogens is 1. The first-order valence-electron chi connectivity index (χ1n) is 5.36. The molecule has 92 valence electrons. The molecule has 2 N–H and O–H groups in total. The molecule has 2 aromatic rings. The molecule has 0 amide bonds. The van der Waals surface area contributed by atoms with E-state index in [0.717, 1.165) is 34.3 Å². The number of nitrogens with zero attached hydrogens (tertiary/aromatic N) is 1. The van der Waals surface area contributed by atoms with Crippen molar-refractivity contribution in [2.75, 3.05) is 5.75 Å². The average Bonchev–Trinajstić information content (AvgIpc) is 2.82. The maximum absolute atomic E-state index is 13.1. The predicted octanol–water partition coefficient (Wildman–Crippen LogP) is 2.30. The number of halogens is 1. The summed E-state index contributed by atoms with van der Waals surface area (Å²) in [7, 11) is 0. The number of hydrogen-bond acceptors (Lipinski definition) is 3. The number of aromatic amines is 1. The minimum absolute atomic E-state index is 0.0251. The molecule has 0 saturated heterocycles. The van der Waals surface area contributed by atoms with E-state index in [1.54, 1.807) is 6.07 Å². The van der Waals surface area contributed by atoms with Crippen LogP contribution in [0.1, 0.15) is 11.3 Å². The third-order valence-corrected chi connectivity index (χ3v) is 3.64. The molecule has 1 aromatic heterocycles. The molecule has 0 unspecified atom stereocenters. The van der Waals surface area contributed by atoms with Crippen LogP contribution in [0.15, 0.2) is 23.4 Å². The molecule has 0 spiro atoms. The first kappa shape index (κ1) is 11.3. The van der Waals surface area contributed by atoms with Crippen molar-refractivity contribution >= 4 is 17.7 Å². The first-order valence-corrected chi connectivity index (χ1v) is 6.34. The summed E-state index contributed by atoms with van der Waals surface area (Å²) in [5.74, 6) is -1.15. The van der Waals surface area contributed by atoms with E-state index in [2.05, 4.69) is 9.97 Å². The number of carboxylic acids is 1. The van der Waals surface area contributed by atoms with Gasteiger partial charge in [-0.3, -0.25) is 4.79 Å². The van der Waals surface area contributed by atoms with Crippen molar-refractivity contribution in [1.29, 1.82) is 0 Å². The molecule has 18 heavy (non-hydrogen) atoms. The van der Waals surface area contributed by atoms with Crippen molar-refractivity contribution in [3.05, 3.63) is 35.3 Å². The highest BCUT2D eigenvalue weighted by atomic mass is 32.2. The second kappa shape index (κ2) is 4.13. The van der Waals surface area contributed by atoms with Gasteiger partial charge in [0.1, 0.15) is 5.82 Å². The molecular formula is C12H9FN2O2S. The number of thioether (sulfide) groups is 1. The Morgan fingerprint density at radius 3 is 3.17 bits per heavy atom. The quantitative estimate of drug-likeness (QED) is 0.712. The fourth-order valence-electron chi connectivity index (χ4n) is 2.06. The van der Waals surface area contributed by atoms with E-state index in [0.29, 0.717) is 11.6 Å². The Balaban J connectivity index is 1.91. The predicted molar refractivity (Wildman–Crippen MR) is 65.1 cm³/mol. The van der Waals surface area contributed by atoms with Crippen LogP contribution in [0.3, 0.4) is 0 Å². The van der Waals surface area contributed by atoms with Crippen LogP contribution in [-0.2, 0) is 11.2 Å². The van der Waals surface area contributed by atoms with E-state index < -0.39 is 5.97 Å². The number of hydrogen-bond donors (Lipinski definition) is 2. The summed E-state index contributed by atoms with van der Waals surface area (Å²) in [6, 6.07) is 4.63. The molecule has 1 heterocycles. The topological polar surface area (TPSA) is 66.0 Å². The smallest absolute Gasteiger partial charge is 0.313 e. The SMILES string of the molecule is O=C(O)CSc1nc2c([nH]1)Cc1cc(F)ccc1-2. The molecule has 4 nitrogen and oxygen atoms in total. The van der Waals surface area contributed by atoms with Gasteiger partial charge in [0.2, 0.25) is 0 Å². The molecule has 1 aromatic carbocycles. The zero-order valence-electron chi connectivity index (χ0n) is 9.24. The Bertz CT molecular complexity index is 639. The van der Waals surface area contributed by atoms with Gasteiger partial charge in [0, 0.05) is 17.7 Å². The highest BCUT2D eigenvalue weighted by Crippen LogP contribution is 2.36. The molecule has 0 atom stereocenters. The summed E-state index contributed by atoms with van der Waals surface area (Å²) in [5.41, 5.74) is 3.56. The third-order valence-electron chi connectivity index (χ3n) is 2.78. The molecular weight excluding hydrogens is 255 g/mol. The lowest BCUT2D eigenvalue weighted by Gasteiger charge is -1.99. The van der Waals surface area contributed by atoms with E-state index in [1.807, 2.05) is 0 Å². The maximum atomic E-state index is 13.1. The van der Waals surface area contributed by atoms with Crippen LogP contribution in [0, 0.1) is 5.82 Å². The zero-order chi connectivity index (χ0) is 12.7. The number of aromatic nitrogens is 2. The Morgan fingerprint density at radius 1 is 1.56 bits per heavy atom. The van der Waals surface area contributed by atoms with Crippen molar-refractivity contribution in [1.82, 2.24) is 9.97 Å². The fourth-order valence-corrected chi connectivity index (χ4v) is 2.68. The molecule has 6 heteroatoms. The van der Waals surface area contributed by atoms with Crippen LogP contribution in [0.25, 0.3) is 11.3 Å². The highest BCUT2D eigenvalue weighted by Gasteiger charge is 2.23. The van der Waals surface area contributed by atoms with E-state index >= 15 is 0 Å². The van der Waals surface area contributed by atoms with Crippen LogP contribution in [0.5, 0.6) is 0 Å². The minimum Gasteiger partial charge on any atom is -0.481 e. The van der Waals surface area contributed by atoms with Crippen molar-refractivity contribution in [3.8, 4) is 11.3 Å². The molecule has 0 aliphatic heterocycles. The van der Waals surface area contributed by atoms with Gasteiger partial charge in [-0.15, -0.1) is 0 Å². The monoisotopic (exact) mass is 264 g/mol. The van der Waals surface area contributed by atoms with Gasteiger partial charge in [0.25, 0.3) is 0 Å². The van der Waals surface area contributed by atoms with Gasteiger partial charge < -0.3 is 10.1 Å². The average molecular weight is 264 g/mol. The van der Waals surface area contributed by atoms with Crippen LogP contribution >= 0.6 is 11.8 Å². The summed E-state index contributed by atoms with van der Waals surface area (Å²) in [6.45, 7) is 0. The summed E-state index contributed by atoms with van der Waals surface area (Å²) >= 11 is 1.15. The molecule has 1 aliphatic rings. The van der Waals surface area contributed by atoms with Gasteiger partial charge in [-0.2, -0.15) is 0 Å². The van der Waals surface area contributed by atoms with E-state index in [1.165, 1.54) is 12.1 Å². The number of aliphatic carboxylic acids is 1. The number of fused-ring (bicyclic) bond motifs is 3. The van der Waals surface area contributed by atoms with Crippen molar-refractivity contribution in [2.24, 2.45) is 0 Å². The number of benzene rings is 1. The van der Waals surface area contributed by atoms with Gasteiger partial charge in [0.15, 0.2) is 5.16 Å². The Morgan fingerprint density at radius 2 is 2.39 bits per heavy atom. The zero-order valence-corrected chi connectivity index (χ0v) is 10.1. The molecule has 0 bridgehead atoms. The Labute approximate surface area is 106 Å². The Kier molecular flexibility index (Phi) is 2.59. The number of carbonyl (C=O) groups is 1. The molecule has 0 saturated carbocycles. The molecule has 3 rings (SSSR count). The van der Waals surface area contributed by atoms with Crippen LogP contribution in [-0.4, -0.2) is 26.8 Å². The minimum atomic E-state index is -0.876. The molecule has 0 fully saturated rings. The number of carboxylic acid groups (broad SMARTS) is 1. The van der Waals surface area contributed by atoms with Crippen LogP contribution < -0.4 is 0 Å². The summed E-state index contributed by atoms with van der Waals surface area (Å²) in [6.07, 6.45) is 0.614. The first-order chi connectivity index (χ1) is 8.63. The fraction of sp³-hybridized carbons (Fsp3) is 0.167. The number of imidazole rings is 1. The summed E-state index contributed by atoms with van der Waals surface area (Å²) in [5, 5.41) is 9.20. The van der Waals surface area contributed by atoms with Gasteiger partial charge in [-0.1, -0.05) is 11.8 Å². The van der Waals surface area contributed by atoms with Crippen molar-refractivity contribution < 1.29 is 14.3 Å². The van der Waals surface area contributed by atoms with Gasteiger partial charge in [-0.05, 0) is 23.8 Å². The van der Waals surface area contributed by atoms with E-state index in [4.69, 9.17) is 5.11 Å². The summed E-state index contributed by atoms with van der Waals surface area (Å²) in [4.78, 5) is 17.9. The van der Waals surface area contributed by atoms with E-state index in [9.17, 15) is 9.18 Å². The summed E-state index contributed by atoms with van der Waals surface area (Å²) < 4.78 is 13.1. The third kappa shape index (κ3) is 1.88. The Hall–Kier alpha value is -1.82. The maximum Gasteiger partial charge on any atom is 0.313 e. The standard InChI is InChI=1S/C12H9FN2O2S/c13-7-1-2-8-6(3-7)4-9-11(8)15-12(14-9)18-5-10(16)17/h1-3H,4-5H2,(H,14,15)(H,16,17). The normalized spacial score (nSPS) is 12.3. The van der Waals surface area contributed by atoms with Crippen molar-refractivity contribution in [3.63, 3.8) is 0 Å². The number of rotatable bonds is 3. The lowest BCUT2D eigenvalue weighted by molar-refractivity contribution is -0.133.